The molecule has 3 aromatic carbocycles. The highest BCUT2D eigenvalue weighted by Crippen LogP contribution is 2.20. The summed E-state index contributed by atoms with van der Waals surface area (Å²) in [5.41, 5.74) is 0. The van der Waals surface area contributed by atoms with Gasteiger partial charge in [-0.1, -0.05) is 30.3 Å². The fourth-order valence-electron chi connectivity index (χ4n) is 2.61. The smallest absolute Gasteiger partial charge is 0.260 e. The molecule has 0 aliphatic rings. The first kappa shape index (κ1) is 18.6. The van der Waals surface area contributed by atoms with Crippen molar-refractivity contribution < 1.29 is 19.0 Å². The summed E-state index contributed by atoms with van der Waals surface area (Å²) in [5, 5.41) is 2.23. The summed E-state index contributed by atoms with van der Waals surface area (Å²) in [6.07, 6.45) is 0. The molecule has 5 heteroatoms. The molecule has 0 spiro atoms. The Morgan fingerprint density at radius 3 is 2.26 bits per heavy atom. The summed E-state index contributed by atoms with van der Waals surface area (Å²) in [5.74, 6) is 2.11. The minimum absolute atomic E-state index is 0.00260. The van der Waals surface area contributed by atoms with Gasteiger partial charge in [0.05, 0.1) is 13.7 Å². The average molecular weight is 365 g/mol. The third-order valence-corrected chi connectivity index (χ3v) is 4.26. The molecule has 140 valence electrons. The molecule has 0 N–H and O–H groups in total. The van der Waals surface area contributed by atoms with Crippen molar-refractivity contribution >= 4 is 16.7 Å². The van der Waals surface area contributed by atoms with Crippen molar-refractivity contribution in [1.29, 1.82) is 0 Å². The minimum atomic E-state index is -0.0958. The van der Waals surface area contributed by atoms with E-state index in [0.717, 1.165) is 22.3 Å². The molecule has 1 amide bonds. The van der Waals surface area contributed by atoms with Crippen LogP contribution in [0, 0.1) is 0 Å². The number of methoxy groups -OCH3 is 1. The van der Waals surface area contributed by atoms with Gasteiger partial charge in [-0.15, -0.1) is 0 Å². The quantitative estimate of drug-likeness (QED) is 0.610. The van der Waals surface area contributed by atoms with Crippen molar-refractivity contribution in [3.8, 4) is 17.2 Å². The number of nitrogens with zero attached hydrogens (tertiary/aromatic N) is 1. The van der Waals surface area contributed by atoms with Gasteiger partial charge in [0.2, 0.25) is 0 Å². The number of likely N-dealkylation sites (N-methyl/N-ethyl adjacent to an activating group) is 1. The summed E-state index contributed by atoms with van der Waals surface area (Å²) in [7, 11) is 3.36. The molecule has 0 aliphatic carbocycles. The maximum atomic E-state index is 12.2. The van der Waals surface area contributed by atoms with Crippen molar-refractivity contribution in [2.45, 2.75) is 0 Å². The molecule has 0 radical (unpaired) electrons. The van der Waals surface area contributed by atoms with Gasteiger partial charge in [-0.05, 0) is 47.2 Å². The van der Waals surface area contributed by atoms with Crippen LogP contribution in [0.5, 0.6) is 17.2 Å². The van der Waals surface area contributed by atoms with Crippen LogP contribution in [0.1, 0.15) is 0 Å². The van der Waals surface area contributed by atoms with E-state index in [0.29, 0.717) is 18.9 Å². The molecule has 0 atom stereocenters. The lowest BCUT2D eigenvalue weighted by molar-refractivity contribution is -0.132. The van der Waals surface area contributed by atoms with Gasteiger partial charge < -0.3 is 19.1 Å². The van der Waals surface area contributed by atoms with Gasteiger partial charge in [-0.3, -0.25) is 4.79 Å². The average Bonchev–Trinajstić information content (AvgIpc) is 2.72. The Kier molecular flexibility index (Phi) is 6.15. The Hall–Kier alpha value is -3.21. The van der Waals surface area contributed by atoms with Crippen molar-refractivity contribution in [2.24, 2.45) is 0 Å². The van der Waals surface area contributed by atoms with Crippen molar-refractivity contribution in [3.05, 3.63) is 66.7 Å². The molecule has 0 aliphatic heterocycles. The summed E-state index contributed by atoms with van der Waals surface area (Å²) < 4.78 is 16.4. The highest BCUT2D eigenvalue weighted by atomic mass is 16.5. The predicted molar refractivity (Wildman–Crippen MR) is 106 cm³/mol. The first-order valence-electron chi connectivity index (χ1n) is 8.78. The maximum absolute atomic E-state index is 12.2. The van der Waals surface area contributed by atoms with Crippen LogP contribution in [0.25, 0.3) is 10.8 Å². The Labute approximate surface area is 159 Å². The second-order valence-electron chi connectivity index (χ2n) is 6.14. The second kappa shape index (κ2) is 8.94. The zero-order valence-electron chi connectivity index (χ0n) is 15.6. The number of rotatable bonds is 8. The van der Waals surface area contributed by atoms with E-state index in [2.05, 4.69) is 0 Å². The van der Waals surface area contributed by atoms with Gasteiger partial charge in [-0.25, -0.2) is 0 Å². The summed E-state index contributed by atoms with van der Waals surface area (Å²) in [4.78, 5) is 13.8. The standard InChI is InChI=1S/C22H23NO4/c1-23(13-14-26-20-11-9-19(25-2)10-12-20)22(24)16-27-21-8-7-17-5-3-4-6-18(17)15-21/h3-12,15H,13-14,16H2,1-2H3. The molecule has 5 nitrogen and oxygen atoms in total. The van der Waals surface area contributed by atoms with E-state index in [9.17, 15) is 4.79 Å². The molecule has 0 saturated heterocycles. The van der Waals surface area contributed by atoms with Crippen molar-refractivity contribution in [3.63, 3.8) is 0 Å². The van der Waals surface area contributed by atoms with Gasteiger partial charge >= 0.3 is 0 Å². The lowest BCUT2D eigenvalue weighted by Crippen LogP contribution is -2.34. The van der Waals surface area contributed by atoms with Gasteiger partial charge in [0.1, 0.15) is 23.9 Å². The van der Waals surface area contributed by atoms with Crippen LogP contribution in [0.3, 0.4) is 0 Å². The van der Waals surface area contributed by atoms with Crippen molar-refractivity contribution in [2.75, 3.05) is 33.9 Å². The zero-order valence-corrected chi connectivity index (χ0v) is 15.6. The zero-order chi connectivity index (χ0) is 19.1. The number of amides is 1. The molecule has 27 heavy (non-hydrogen) atoms. The number of ether oxygens (including phenoxy) is 3. The van der Waals surface area contributed by atoms with E-state index >= 15 is 0 Å². The minimum Gasteiger partial charge on any atom is -0.497 e. The third-order valence-electron chi connectivity index (χ3n) is 4.26. The molecule has 3 aromatic rings. The maximum Gasteiger partial charge on any atom is 0.260 e. The van der Waals surface area contributed by atoms with E-state index in [1.54, 1.807) is 19.1 Å². The van der Waals surface area contributed by atoms with Crippen LogP contribution < -0.4 is 14.2 Å². The van der Waals surface area contributed by atoms with Gasteiger partial charge in [-0.2, -0.15) is 0 Å². The fraction of sp³-hybridized carbons (Fsp3) is 0.227. The van der Waals surface area contributed by atoms with Crippen LogP contribution in [0.2, 0.25) is 0 Å². The van der Waals surface area contributed by atoms with E-state index in [-0.39, 0.29) is 12.5 Å². The first-order valence-corrected chi connectivity index (χ1v) is 8.78. The van der Waals surface area contributed by atoms with Crippen LogP contribution in [0.15, 0.2) is 66.7 Å². The third kappa shape index (κ3) is 5.14. The number of benzene rings is 3. The number of fused-ring (bicyclic) bond motifs is 1. The van der Waals surface area contributed by atoms with E-state index in [1.807, 2.05) is 66.7 Å². The monoisotopic (exact) mass is 365 g/mol. The van der Waals surface area contributed by atoms with Gasteiger partial charge in [0.25, 0.3) is 5.91 Å². The predicted octanol–water partition coefficient (Wildman–Crippen LogP) is 3.76. The summed E-state index contributed by atoms with van der Waals surface area (Å²) in [6.45, 7) is 0.883. The van der Waals surface area contributed by atoms with Crippen molar-refractivity contribution in [1.82, 2.24) is 4.90 Å². The van der Waals surface area contributed by atoms with E-state index in [4.69, 9.17) is 14.2 Å². The van der Waals surface area contributed by atoms with Crippen LogP contribution >= 0.6 is 0 Å². The summed E-state index contributed by atoms with van der Waals surface area (Å²) >= 11 is 0. The number of hydrogen-bond acceptors (Lipinski definition) is 4. The molecular formula is C22H23NO4. The fourth-order valence-corrected chi connectivity index (χ4v) is 2.61. The highest BCUT2D eigenvalue weighted by Gasteiger charge is 2.10. The SMILES string of the molecule is COc1ccc(OCCN(C)C(=O)COc2ccc3ccccc3c2)cc1. The topological polar surface area (TPSA) is 48.0 Å². The van der Waals surface area contributed by atoms with Gasteiger partial charge in [0, 0.05) is 7.05 Å². The number of carbonyl (C=O) groups excluding carboxylic acids is 1. The lowest BCUT2D eigenvalue weighted by atomic mass is 10.1. The molecule has 0 unspecified atom stereocenters. The molecule has 3 rings (SSSR count). The Morgan fingerprint density at radius 2 is 1.52 bits per heavy atom. The molecule has 0 fully saturated rings. The normalized spacial score (nSPS) is 10.4. The molecule has 0 saturated carbocycles. The highest BCUT2D eigenvalue weighted by molar-refractivity contribution is 5.84. The van der Waals surface area contributed by atoms with Crippen LogP contribution in [0.4, 0.5) is 0 Å². The second-order valence-corrected chi connectivity index (χ2v) is 6.14. The Bertz CT molecular complexity index is 892. The Balaban J connectivity index is 1.43. The number of carbonyl (C=O) groups is 1. The van der Waals surface area contributed by atoms with Crippen LogP contribution in [-0.4, -0.2) is 44.7 Å². The molecule has 0 aromatic heterocycles. The van der Waals surface area contributed by atoms with Crippen LogP contribution in [-0.2, 0) is 4.79 Å². The number of hydrogen-bond donors (Lipinski definition) is 0. The van der Waals surface area contributed by atoms with E-state index < -0.39 is 0 Å². The first-order chi connectivity index (χ1) is 13.2. The molecule has 0 heterocycles. The summed E-state index contributed by atoms with van der Waals surface area (Å²) in [6, 6.07) is 21.2. The van der Waals surface area contributed by atoms with E-state index in [1.165, 1.54) is 0 Å². The largest absolute Gasteiger partial charge is 0.497 e. The molecular weight excluding hydrogens is 342 g/mol. The van der Waals surface area contributed by atoms with Gasteiger partial charge in [0.15, 0.2) is 6.61 Å². The Morgan fingerprint density at radius 1 is 0.852 bits per heavy atom. The lowest BCUT2D eigenvalue weighted by Gasteiger charge is -2.18. The molecule has 0 bridgehead atoms.